The van der Waals surface area contributed by atoms with E-state index in [1.54, 1.807) is 0 Å². The molecule has 0 aromatic carbocycles. The smallest absolute Gasteiger partial charge is 0.144 e. The Morgan fingerprint density at radius 1 is 1.44 bits per heavy atom. The molecule has 1 fully saturated rings. The number of allylic oxidation sites excluding steroid dienone is 1. The molecule has 0 aromatic rings. The largest absolute Gasteiger partial charge is 0.299 e. The topological polar surface area (TPSA) is 17.1 Å². The summed E-state index contributed by atoms with van der Waals surface area (Å²) in [6.07, 6.45) is 6.76. The molecule has 0 radical (unpaired) electrons. The van der Waals surface area contributed by atoms with Crippen molar-refractivity contribution in [3.05, 3.63) is 12.2 Å². The molecule has 0 bridgehead atoms. The summed E-state index contributed by atoms with van der Waals surface area (Å²) in [4.78, 5) is 12.7. The maximum Gasteiger partial charge on any atom is 0.144 e. The lowest BCUT2D eigenvalue weighted by Crippen LogP contribution is -2.33. The van der Waals surface area contributed by atoms with Crippen LogP contribution in [0.3, 0.4) is 0 Å². The van der Waals surface area contributed by atoms with E-state index in [9.17, 15) is 4.79 Å². The van der Waals surface area contributed by atoms with Gasteiger partial charge < -0.3 is 0 Å². The first-order valence-electron chi connectivity index (χ1n) is 7.44. The van der Waals surface area contributed by atoms with Crippen molar-refractivity contribution in [3.63, 3.8) is 0 Å². The zero-order valence-electron chi connectivity index (χ0n) is 12.2. The molecule has 18 heavy (non-hydrogen) atoms. The zero-order chi connectivity index (χ0) is 13.5. The molecule has 0 aromatic heterocycles. The van der Waals surface area contributed by atoms with Gasteiger partial charge in [-0.05, 0) is 25.0 Å². The molecular formula is C16H28OS. The highest BCUT2D eigenvalue weighted by atomic mass is 32.2. The van der Waals surface area contributed by atoms with Crippen LogP contribution in [-0.2, 0) is 4.79 Å². The lowest BCUT2D eigenvalue weighted by atomic mass is 9.81. The van der Waals surface area contributed by atoms with Gasteiger partial charge in [0.2, 0.25) is 0 Å². The second-order valence-electron chi connectivity index (χ2n) is 5.47. The van der Waals surface area contributed by atoms with Gasteiger partial charge in [-0.2, -0.15) is 11.8 Å². The normalized spacial score (nSPS) is 26.1. The van der Waals surface area contributed by atoms with Crippen LogP contribution in [0, 0.1) is 11.8 Å². The van der Waals surface area contributed by atoms with Gasteiger partial charge in [0, 0.05) is 11.2 Å². The summed E-state index contributed by atoms with van der Waals surface area (Å²) in [5, 5.41) is 0.430. The van der Waals surface area contributed by atoms with Crippen molar-refractivity contribution in [1.82, 2.24) is 0 Å². The number of hydrogen-bond donors (Lipinski definition) is 0. The highest BCUT2D eigenvalue weighted by Crippen LogP contribution is 2.36. The highest BCUT2D eigenvalue weighted by molar-refractivity contribution is 8.00. The molecule has 1 heterocycles. The monoisotopic (exact) mass is 268 g/mol. The maximum atomic E-state index is 12.7. The average Bonchev–Trinajstić information content (AvgIpc) is 2.34. The molecule has 0 aliphatic carbocycles. The third-order valence-electron chi connectivity index (χ3n) is 4.07. The van der Waals surface area contributed by atoms with Gasteiger partial charge in [-0.1, -0.05) is 52.2 Å². The standard InChI is InChI=1S/C16H28OS/c1-5-7-8-9-14(6-2)16(17)15-12(3)10-11-18-13(15)4/h13-15H,3,5-11H2,1-2,4H3. The van der Waals surface area contributed by atoms with E-state index in [1.165, 1.54) is 24.8 Å². The number of carbonyl (C=O) groups is 1. The van der Waals surface area contributed by atoms with Crippen molar-refractivity contribution in [2.75, 3.05) is 5.75 Å². The second-order valence-corrected chi connectivity index (χ2v) is 6.95. The molecule has 0 N–H and O–H groups in total. The molecule has 1 aliphatic heterocycles. The number of ketones is 1. The predicted octanol–water partition coefficient (Wildman–Crippen LogP) is 4.86. The summed E-state index contributed by atoms with van der Waals surface area (Å²) in [5.74, 6) is 1.99. The van der Waals surface area contributed by atoms with E-state index < -0.39 is 0 Å². The van der Waals surface area contributed by atoms with Crippen molar-refractivity contribution >= 4 is 17.5 Å². The highest BCUT2D eigenvalue weighted by Gasteiger charge is 2.34. The summed E-state index contributed by atoms with van der Waals surface area (Å²) in [7, 11) is 0. The van der Waals surface area contributed by atoms with Crippen LogP contribution in [-0.4, -0.2) is 16.8 Å². The molecule has 1 aliphatic rings. The predicted molar refractivity (Wildman–Crippen MR) is 82.1 cm³/mol. The van der Waals surface area contributed by atoms with Gasteiger partial charge in [0.1, 0.15) is 5.78 Å². The Morgan fingerprint density at radius 2 is 2.17 bits per heavy atom. The Labute approximate surface area is 117 Å². The number of carbonyl (C=O) groups excluding carboxylic acids is 1. The third kappa shape index (κ3) is 4.15. The number of rotatable bonds is 7. The van der Waals surface area contributed by atoms with Crippen LogP contribution in [0.15, 0.2) is 12.2 Å². The number of thioether (sulfide) groups is 1. The Morgan fingerprint density at radius 3 is 2.72 bits per heavy atom. The van der Waals surface area contributed by atoms with Gasteiger partial charge in [-0.3, -0.25) is 4.79 Å². The van der Waals surface area contributed by atoms with Crippen LogP contribution in [0.2, 0.25) is 0 Å². The summed E-state index contributed by atoms with van der Waals surface area (Å²) in [6.45, 7) is 10.7. The molecule has 104 valence electrons. The molecule has 1 nitrogen and oxygen atoms in total. The number of Topliss-reactive ketones (excluding diaryl/α,β-unsaturated/α-hetero) is 1. The molecule has 1 saturated heterocycles. The van der Waals surface area contributed by atoms with Gasteiger partial charge in [0.15, 0.2) is 0 Å². The Kier molecular flexibility index (Phi) is 7.06. The van der Waals surface area contributed by atoms with E-state index in [2.05, 4.69) is 27.4 Å². The Bertz CT molecular complexity index is 285. The molecule has 0 saturated carbocycles. The Hall–Kier alpha value is -0.240. The van der Waals surface area contributed by atoms with Crippen molar-refractivity contribution in [3.8, 4) is 0 Å². The van der Waals surface area contributed by atoms with Crippen molar-refractivity contribution < 1.29 is 4.79 Å². The minimum atomic E-state index is 0.121. The summed E-state index contributed by atoms with van der Waals surface area (Å²) in [6, 6.07) is 0. The lowest BCUT2D eigenvalue weighted by Gasteiger charge is -2.32. The second kappa shape index (κ2) is 8.04. The summed E-state index contributed by atoms with van der Waals surface area (Å²) in [5.41, 5.74) is 1.18. The fourth-order valence-corrected chi connectivity index (χ4v) is 4.11. The molecular weight excluding hydrogens is 240 g/mol. The zero-order valence-corrected chi connectivity index (χ0v) is 13.0. The van der Waals surface area contributed by atoms with Crippen LogP contribution < -0.4 is 0 Å². The van der Waals surface area contributed by atoms with Crippen LogP contribution in [0.25, 0.3) is 0 Å². The Balaban J connectivity index is 2.60. The quantitative estimate of drug-likeness (QED) is 0.484. The van der Waals surface area contributed by atoms with Crippen molar-refractivity contribution in [1.29, 1.82) is 0 Å². The van der Waals surface area contributed by atoms with E-state index in [-0.39, 0.29) is 11.8 Å². The van der Waals surface area contributed by atoms with Gasteiger partial charge in [-0.25, -0.2) is 0 Å². The van der Waals surface area contributed by atoms with Crippen LogP contribution >= 0.6 is 11.8 Å². The lowest BCUT2D eigenvalue weighted by molar-refractivity contribution is -0.126. The van der Waals surface area contributed by atoms with Gasteiger partial charge in [0.25, 0.3) is 0 Å². The molecule has 2 heteroatoms. The molecule has 0 spiro atoms. The van der Waals surface area contributed by atoms with Crippen LogP contribution in [0.5, 0.6) is 0 Å². The first-order valence-corrected chi connectivity index (χ1v) is 8.49. The van der Waals surface area contributed by atoms with E-state index in [1.807, 2.05) is 11.8 Å². The minimum Gasteiger partial charge on any atom is -0.299 e. The molecule has 3 unspecified atom stereocenters. The molecule has 3 atom stereocenters. The van der Waals surface area contributed by atoms with Gasteiger partial charge >= 0.3 is 0 Å². The number of unbranched alkanes of at least 4 members (excludes halogenated alkanes) is 2. The van der Waals surface area contributed by atoms with E-state index in [0.29, 0.717) is 11.0 Å². The third-order valence-corrected chi connectivity index (χ3v) is 5.31. The van der Waals surface area contributed by atoms with E-state index in [0.717, 1.165) is 25.0 Å². The number of hydrogen-bond acceptors (Lipinski definition) is 2. The SMILES string of the molecule is C=C1CCSC(C)C1C(=O)C(CC)CCCCC. The van der Waals surface area contributed by atoms with Gasteiger partial charge in [-0.15, -0.1) is 0 Å². The fraction of sp³-hybridized carbons (Fsp3) is 0.812. The van der Waals surface area contributed by atoms with E-state index >= 15 is 0 Å². The van der Waals surface area contributed by atoms with Crippen molar-refractivity contribution in [2.45, 2.75) is 64.5 Å². The van der Waals surface area contributed by atoms with Crippen molar-refractivity contribution in [2.24, 2.45) is 11.8 Å². The fourth-order valence-electron chi connectivity index (χ4n) is 2.83. The summed E-state index contributed by atoms with van der Waals surface area (Å²) < 4.78 is 0. The van der Waals surface area contributed by atoms with Crippen LogP contribution in [0.4, 0.5) is 0 Å². The summed E-state index contributed by atoms with van der Waals surface area (Å²) >= 11 is 1.93. The maximum absolute atomic E-state index is 12.7. The minimum absolute atomic E-state index is 0.121. The van der Waals surface area contributed by atoms with E-state index in [4.69, 9.17) is 0 Å². The van der Waals surface area contributed by atoms with Crippen LogP contribution in [0.1, 0.15) is 59.3 Å². The molecule has 0 amide bonds. The van der Waals surface area contributed by atoms with Gasteiger partial charge in [0.05, 0.1) is 5.92 Å². The molecule has 1 rings (SSSR count). The first kappa shape index (κ1) is 15.8. The first-order chi connectivity index (χ1) is 8.61. The average molecular weight is 268 g/mol.